The number of aromatic amines is 1. The van der Waals surface area contributed by atoms with E-state index in [1.54, 1.807) is 13.3 Å². The van der Waals surface area contributed by atoms with Crippen molar-refractivity contribution in [3.63, 3.8) is 0 Å². The zero-order chi connectivity index (χ0) is 44.0. The highest BCUT2D eigenvalue weighted by molar-refractivity contribution is 7.92. The van der Waals surface area contributed by atoms with E-state index >= 15 is 8.78 Å². The van der Waals surface area contributed by atoms with Crippen molar-refractivity contribution < 1.29 is 31.5 Å². The van der Waals surface area contributed by atoms with Gasteiger partial charge in [0.25, 0.3) is 0 Å². The molecule has 3 aromatic carbocycles. The van der Waals surface area contributed by atoms with E-state index in [9.17, 15) is 18.0 Å². The second kappa shape index (κ2) is 17.4. The molecular formula is C45H52F2N10O5S. The molecule has 0 saturated carbocycles. The number of methoxy groups -OCH3 is 1. The van der Waals surface area contributed by atoms with E-state index in [1.807, 2.05) is 24.3 Å². The molecule has 3 fully saturated rings. The van der Waals surface area contributed by atoms with Crippen LogP contribution in [0, 0.1) is 18.6 Å². The minimum atomic E-state index is -3.47. The number of carbonyl (C=O) groups excluding carboxylic acids is 2. The van der Waals surface area contributed by atoms with Gasteiger partial charge in [0.05, 0.1) is 41.7 Å². The number of piperidine rings is 2. The molecule has 0 aliphatic carbocycles. The summed E-state index contributed by atoms with van der Waals surface area (Å²) in [6.07, 6.45) is 6.34. The molecule has 4 N–H and O–H groups in total. The monoisotopic (exact) mass is 882 g/mol. The molecule has 15 nitrogen and oxygen atoms in total. The third-order valence-corrected chi connectivity index (χ3v) is 14.1. The van der Waals surface area contributed by atoms with Gasteiger partial charge in [0.1, 0.15) is 28.8 Å². The van der Waals surface area contributed by atoms with Crippen LogP contribution in [0.1, 0.15) is 53.9 Å². The highest BCUT2D eigenvalue weighted by Gasteiger charge is 2.34. The lowest BCUT2D eigenvalue weighted by atomic mass is 9.89. The summed E-state index contributed by atoms with van der Waals surface area (Å²) in [4.78, 5) is 43.9. The molecule has 18 heteroatoms. The number of halogens is 2. The summed E-state index contributed by atoms with van der Waals surface area (Å²) >= 11 is 0. The van der Waals surface area contributed by atoms with Gasteiger partial charge < -0.3 is 30.2 Å². The summed E-state index contributed by atoms with van der Waals surface area (Å²) in [5, 5.41) is 9.74. The van der Waals surface area contributed by atoms with E-state index in [4.69, 9.17) is 14.7 Å². The molecule has 1 atom stereocenters. The Hall–Kier alpha value is -5.85. The minimum absolute atomic E-state index is 0.0611. The van der Waals surface area contributed by atoms with Gasteiger partial charge in [-0.1, -0.05) is 12.1 Å². The number of aromatic nitrogens is 3. The number of para-hydroxylation sites is 1. The quantitative estimate of drug-likeness (QED) is 0.113. The number of rotatable bonds is 12. The minimum Gasteiger partial charge on any atom is -0.494 e. The first-order valence-electron chi connectivity index (χ1n) is 21.5. The van der Waals surface area contributed by atoms with Crippen LogP contribution in [0.3, 0.4) is 0 Å². The van der Waals surface area contributed by atoms with Crippen LogP contribution in [0.15, 0.2) is 54.7 Å². The number of fused-ring (bicyclic) bond motifs is 2. The number of carbonyl (C=O) groups is 2. The summed E-state index contributed by atoms with van der Waals surface area (Å²) in [6, 6.07) is 14.8. The number of hydrogen-bond donors (Lipinski definition) is 4. The Morgan fingerprint density at radius 1 is 0.889 bits per heavy atom. The summed E-state index contributed by atoms with van der Waals surface area (Å²) in [5.41, 5.74) is 6.05. The molecule has 0 spiro atoms. The van der Waals surface area contributed by atoms with Crippen molar-refractivity contribution in [1.82, 2.24) is 30.1 Å². The largest absolute Gasteiger partial charge is 0.494 e. The Morgan fingerprint density at radius 2 is 1.65 bits per heavy atom. The summed E-state index contributed by atoms with van der Waals surface area (Å²) in [7, 11) is -1.82. The Balaban J connectivity index is 0.804. The van der Waals surface area contributed by atoms with Crippen molar-refractivity contribution in [3.05, 3.63) is 88.6 Å². The zero-order valence-corrected chi connectivity index (χ0v) is 36.5. The molecule has 4 aliphatic heterocycles. The van der Waals surface area contributed by atoms with Gasteiger partial charge in [-0.3, -0.25) is 24.1 Å². The normalized spacial score (nSPS) is 19.1. The lowest BCUT2D eigenvalue weighted by molar-refractivity contribution is -0.134. The van der Waals surface area contributed by atoms with E-state index < -0.39 is 39.4 Å². The molecule has 6 heterocycles. The van der Waals surface area contributed by atoms with Gasteiger partial charge in [-0.2, -0.15) is 9.97 Å². The first-order chi connectivity index (χ1) is 30.3. The van der Waals surface area contributed by atoms with Crippen molar-refractivity contribution in [2.75, 3.05) is 85.6 Å². The van der Waals surface area contributed by atoms with Crippen molar-refractivity contribution >= 4 is 67.4 Å². The maximum absolute atomic E-state index is 15.1. The number of sulfonamides is 1. The van der Waals surface area contributed by atoms with Gasteiger partial charge in [0.2, 0.25) is 27.8 Å². The molecule has 0 radical (unpaired) electrons. The van der Waals surface area contributed by atoms with Crippen molar-refractivity contribution in [2.24, 2.45) is 0 Å². The number of amides is 2. The van der Waals surface area contributed by atoms with Crippen molar-refractivity contribution in [1.29, 1.82) is 0 Å². The number of H-pyrrole nitrogens is 1. The molecule has 63 heavy (non-hydrogen) atoms. The Kier molecular flexibility index (Phi) is 11.7. The van der Waals surface area contributed by atoms with Gasteiger partial charge in [-0.25, -0.2) is 17.2 Å². The molecule has 9 rings (SSSR count). The Morgan fingerprint density at radius 3 is 2.37 bits per heavy atom. The second-order valence-electron chi connectivity index (χ2n) is 16.9. The van der Waals surface area contributed by atoms with Gasteiger partial charge in [0, 0.05) is 88.3 Å². The van der Waals surface area contributed by atoms with Crippen LogP contribution in [0.2, 0.25) is 0 Å². The molecule has 332 valence electrons. The molecule has 2 aromatic heterocycles. The van der Waals surface area contributed by atoms with Gasteiger partial charge >= 0.3 is 0 Å². The van der Waals surface area contributed by atoms with Crippen LogP contribution < -0.4 is 29.9 Å². The maximum Gasteiger partial charge on any atom is 0.234 e. The van der Waals surface area contributed by atoms with Crippen molar-refractivity contribution in [3.8, 4) is 5.75 Å². The number of piperazine rings is 1. The van der Waals surface area contributed by atoms with Crippen molar-refractivity contribution in [2.45, 2.75) is 57.4 Å². The van der Waals surface area contributed by atoms with Gasteiger partial charge in [-0.05, 0) is 86.1 Å². The summed E-state index contributed by atoms with van der Waals surface area (Å²) < 4.78 is 62.8. The van der Waals surface area contributed by atoms with Crippen LogP contribution in [-0.4, -0.2) is 117 Å². The smallest absolute Gasteiger partial charge is 0.234 e. The molecule has 4 aliphatic rings. The fourth-order valence-electron chi connectivity index (χ4n) is 9.67. The Bertz CT molecular complexity index is 2660. The van der Waals surface area contributed by atoms with Crippen LogP contribution >= 0.6 is 0 Å². The van der Waals surface area contributed by atoms with Gasteiger partial charge in [0.15, 0.2) is 0 Å². The van der Waals surface area contributed by atoms with E-state index in [1.165, 1.54) is 22.7 Å². The number of ether oxygens (including phenoxy) is 1. The van der Waals surface area contributed by atoms with Crippen LogP contribution in [0.5, 0.6) is 5.75 Å². The third kappa shape index (κ3) is 8.75. The second-order valence-corrected chi connectivity index (χ2v) is 18.9. The lowest BCUT2D eigenvalue weighted by Gasteiger charge is -2.43. The van der Waals surface area contributed by atoms with Crippen LogP contribution in [0.4, 0.5) is 43.3 Å². The SMILES string of the molecule is COc1cc(N2CCC(N3CCN(CCc4cc(F)c(C5CCC(=O)NC5=O)c(F)c4)CC3)CC2)c(C)cc1Nc1nc(Nc2cccc3c2N(S(C)(=O)=O)CC3)c2cc[nH]c2n1. The highest BCUT2D eigenvalue weighted by Crippen LogP contribution is 2.41. The number of anilines is 6. The van der Waals surface area contributed by atoms with E-state index in [0.29, 0.717) is 77.8 Å². The molecule has 5 aromatic rings. The third-order valence-electron chi connectivity index (χ3n) is 13.0. The standard InChI is InChI=1S/C45H52F2N10O5S/c1-27-23-36(50-45-52-42-32(9-14-48-42)43(53-45)49-35-6-4-5-29-11-18-57(41(29)35)63(3,60)61)38(62-2)26-37(27)56-16-12-30(13-17-56)55-21-19-54(20-22-55)15-10-28-24-33(46)40(34(47)25-28)31-7-8-39(58)51-44(31)59/h4-6,9,14,23-26,30-31H,7-8,10-13,15-22H2,1-3H3,(H,51,58,59)(H3,48,49,50,52,53). The molecule has 3 saturated heterocycles. The highest BCUT2D eigenvalue weighted by atomic mass is 32.2. The molecular weight excluding hydrogens is 831 g/mol. The lowest BCUT2D eigenvalue weighted by Crippen LogP contribution is -2.53. The number of aryl methyl sites for hydroxylation is 1. The number of imide groups is 1. The molecule has 1 unspecified atom stereocenters. The Labute approximate surface area is 365 Å². The van der Waals surface area contributed by atoms with Crippen LogP contribution in [0.25, 0.3) is 11.0 Å². The van der Waals surface area contributed by atoms with Crippen LogP contribution in [-0.2, 0) is 32.5 Å². The maximum atomic E-state index is 15.1. The average molecular weight is 883 g/mol. The average Bonchev–Trinajstić information content (AvgIpc) is 3.93. The predicted octanol–water partition coefficient (Wildman–Crippen LogP) is 5.71. The molecule has 2 amide bonds. The topological polar surface area (TPSA) is 168 Å². The van der Waals surface area contributed by atoms with E-state index in [-0.39, 0.29) is 18.4 Å². The number of benzene rings is 3. The number of hydrogen-bond acceptors (Lipinski definition) is 12. The van der Waals surface area contributed by atoms with Gasteiger partial charge in [-0.15, -0.1) is 0 Å². The fraction of sp³-hybridized carbons (Fsp3) is 0.422. The number of nitrogens with one attached hydrogen (secondary N) is 4. The zero-order valence-electron chi connectivity index (χ0n) is 35.6. The fourth-order valence-corrected chi connectivity index (χ4v) is 10.6. The number of nitrogens with zero attached hydrogens (tertiary/aromatic N) is 6. The first kappa shape index (κ1) is 42.5. The summed E-state index contributed by atoms with van der Waals surface area (Å²) in [5.74, 6) is -2.02. The predicted molar refractivity (Wildman–Crippen MR) is 239 cm³/mol. The van der Waals surface area contributed by atoms with E-state index in [0.717, 1.165) is 74.3 Å². The summed E-state index contributed by atoms with van der Waals surface area (Å²) in [6.45, 7) is 8.56. The first-order valence-corrected chi connectivity index (χ1v) is 23.4. The molecule has 0 bridgehead atoms. The van der Waals surface area contributed by atoms with E-state index in [2.05, 4.69) is 54.7 Å².